The van der Waals surface area contributed by atoms with Crippen LogP contribution in [-0.2, 0) is 0 Å². The van der Waals surface area contributed by atoms with Crippen molar-refractivity contribution in [1.82, 2.24) is 9.97 Å². The van der Waals surface area contributed by atoms with Crippen LogP contribution in [-0.4, -0.2) is 22.6 Å². The number of nitrogens with zero attached hydrogens (tertiary/aromatic N) is 2. The number of para-hydroxylation sites is 2. The molecule has 0 spiro atoms. The zero-order valence-corrected chi connectivity index (χ0v) is 11.0. The molecule has 0 aliphatic heterocycles. The summed E-state index contributed by atoms with van der Waals surface area (Å²) in [5.41, 5.74) is 7.59. The summed E-state index contributed by atoms with van der Waals surface area (Å²) in [6, 6.07) is 7.83. The molecule has 2 unspecified atom stereocenters. The summed E-state index contributed by atoms with van der Waals surface area (Å²) in [4.78, 5) is 8.89. The number of rotatable bonds is 3. The molecule has 0 amide bonds. The van der Waals surface area contributed by atoms with Crippen molar-refractivity contribution >= 4 is 11.0 Å². The lowest BCUT2D eigenvalue weighted by atomic mass is 9.86. The molecule has 1 aliphatic carbocycles. The van der Waals surface area contributed by atoms with Gasteiger partial charge >= 0.3 is 0 Å². The summed E-state index contributed by atoms with van der Waals surface area (Å²) >= 11 is 0. The molecular weight excluding hydrogens is 238 g/mol. The van der Waals surface area contributed by atoms with Crippen molar-refractivity contribution in [2.24, 2.45) is 11.7 Å². The molecule has 1 aromatic heterocycles. The standard InChI is InChI=1S/C15H19N3O/c16-9-11-5-1-4-8-14(11)19-15-10-17-12-6-2-3-7-13(12)18-15/h2-3,6-7,10-11,14H,1,4-5,8-9,16H2. The first-order valence-electron chi connectivity index (χ1n) is 6.95. The van der Waals surface area contributed by atoms with E-state index < -0.39 is 0 Å². The van der Waals surface area contributed by atoms with E-state index in [1.54, 1.807) is 6.20 Å². The van der Waals surface area contributed by atoms with E-state index in [0.29, 0.717) is 18.3 Å². The molecule has 1 heterocycles. The summed E-state index contributed by atoms with van der Waals surface area (Å²) in [7, 11) is 0. The Morgan fingerprint density at radius 3 is 2.79 bits per heavy atom. The minimum absolute atomic E-state index is 0.189. The fourth-order valence-corrected chi connectivity index (χ4v) is 2.75. The van der Waals surface area contributed by atoms with Crippen LogP contribution in [0.1, 0.15) is 25.7 Å². The van der Waals surface area contributed by atoms with Crippen LogP contribution in [0.2, 0.25) is 0 Å². The van der Waals surface area contributed by atoms with Gasteiger partial charge in [0.1, 0.15) is 6.10 Å². The molecule has 19 heavy (non-hydrogen) atoms. The van der Waals surface area contributed by atoms with Gasteiger partial charge in [0, 0.05) is 5.92 Å². The largest absolute Gasteiger partial charge is 0.473 e. The van der Waals surface area contributed by atoms with Crippen LogP contribution in [0.15, 0.2) is 30.5 Å². The Bertz CT molecular complexity index is 558. The van der Waals surface area contributed by atoms with E-state index in [1.165, 1.54) is 12.8 Å². The first kappa shape index (κ1) is 12.4. The summed E-state index contributed by atoms with van der Waals surface area (Å²) in [6.45, 7) is 0.686. The Morgan fingerprint density at radius 1 is 1.16 bits per heavy atom. The molecule has 4 heteroatoms. The molecule has 3 rings (SSSR count). The Morgan fingerprint density at radius 2 is 1.95 bits per heavy atom. The number of aromatic nitrogens is 2. The van der Waals surface area contributed by atoms with Crippen LogP contribution >= 0.6 is 0 Å². The SMILES string of the molecule is NCC1CCCCC1Oc1cnc2ccccc2n1. The van der Waals surface area contributed by atoms with E-state index in [2.05, 4.69) is 9.97 Å². The maximum absolute atomic E-state index is 6.01. The average molecular weight is 257 g/mol. The van der Waals surface area contributed by atoms with Crippen LogP contribution in [0, 0.1) is 5.92 Å². The van der Waals surface area contributed by atoms with Gasteiger partial charge < -0.3 is 10.5 Å². The molecule has 1 aromatic carbocycles. The topological polar surface area (TPSA) is 61.0 Å². The number of ether oxygens (including phenoxy) is 1. The highest BCUT2D eigenvalue weighted by Crippen LogP contribution is 2.27. The van der Waals surface area contributed by atoms with Crippen LogP contribution in [0.5, 0.6) is 5.88 Å². The smallest absolute Gasteiger partial charge is 0.233 e. The minimum atomic E-state index is 0.189. The van der Waals surface area contributed by atoms with Gasteiger partial charge in [0.05, 0.1) is 17.2 Å². The molecule has 1 aliphatic rings. The second-order valence-corrected chi connectivity index (χ2v) is 5.13. The Balaban J connectivity index is 1.80. The molecule has 1 saturated carbocycles. The molecule has 100 valence electrons. The summed E-state index contributed by atoms with van der Waals surface area (Å²) in [6.07, 6.45) is 6.59. The third-order valence-corrected chi connectivity index (χ3v) is 3.84. The average Bonchev–Trinajstić information content (AvgIpc) is 2.48. The minimum Gasteiger partial charge on any atom is -0.473 e. The molecule has 2 aromatic rings. The normalized spacial score (nSPS) is 23.4. The van der Waals surface area contributed by atoms with Crippen LogP contribution in [0.4, 0.5) is 0 Å². The fraction of sp³-hybridized carbons (Fsp3) is 0.467. The number of hydrogen-bond donors (Lipinski definition) is 1. The Kier molecular flexibility index (Phi) is 3.60. The second kappa shape index (κ2) is 5.53. The molecule has 4 nitrogen and oxygen atoms in total. The lowest BCUT2D eigenvalue weighted by Gasteiger charge is -2.30. The third-order valence-electron chi connectivity index (χ3n) is 3.84. The highest BCUT2D eigenvalue weighted by molar-refractivity contribution is 5.73. The van der Waals surface area contributed by atoms with E-state index >= 15 is 0 Å². The highest BCUT2D eigenvalue weighted by atomic mass is 16.5. The summed E-state index contributed by atoms with van der Waals surface area (Å²) in [5.74, 6) is 1.06. The van der Waals surface area contributed by atoms with Gasteiger partial charge in [-0.15, -0.1) is 0 Å². The molecule has 0 saturated heterocycles. The fourth-order valence-electron chi connectivity index (χ4n) is 2.75. The first-order chi connectivity index (χ1) is 9.36. The van der Waals surface area contributed by atoms with Gasteiger partial charge in [0.25, 0.3) is 0 Å². The summed E-state index contributed by atoms with van der Waals surface area (Å²) < 4.78 is 6.01. The molecule has 2 N–H and O–H groups in total. The van der Waals surface area contributed by atoms with Crippen LogP contribution < -0.4 is 10.5 Å². The van der Waals surface area contributed by atoms with Crippen molar-refractivity contribution in [3.05, 3.63) is 30.5 Å². The Hall–Kier alpha value is -1.68. The Labute approximate surface area is 113 Å². The van der Waals surface area contributed by atoms with Gasteiger partial charge in [-0.05, 0) is 37.9 Å². The second-order valence-electron chi connectivity index (χ2n) is 5.13. The summed E-state index contributed by atoms with van der Waals surface area (Å²) in [5, 5.41) is 0. The predicted octanol–water partition coefficient (Wildman–Crippen LogP) is 2.53. The van der Waals surface area contributed by atoms with E-state index in [4.69, 9.17) is 10.5 Å². The van der Waals surface area contributed by atoms with Crippen LogP contribution in [0.3, 0.4) is 0 Å². The number of fused-ring (bicyclic) bond motifs is 1. The van der Waals surface area contributed by atoms with Crippen molar-refractivity contribution in [2.75, 3.05) is 6.54 Å². The highest BCUT2D eigenvalue weighted by Gasteiger charge is 2.26. The number of nitrogens with two attached hydrogens (primary N) is 1. The van der Waals surface area contributed by atoms with Crippen molar-refractivity contribution in [3.63, 3.8) is 0 Å². The number of hydrogen-bond acceptors (Lipinski definition) is 4. The van der Waals surface area contributed by atoms with Crippen molar-refractivity contribution in [3.8, 4) is 5.88 Å². The van der Waals surface area contributed by atoms with Gasteiger partial charge in [-0.1, -0.05) is 18.6 Å². The van der Waals surface area contributed by atoms with E-state index in [0.717, 1.165) is 23.9 Å². The van der Waals surface area contributed by atoms with Crippen LogP contribution in [0.25, 0.3) is 11.0 Å². The first-order valence-corrected chi connectivity index (χ1v) is 6.95. The predicted molar refractivity (Wildman–Crippen MR) is 75.0 cm³/mol. The molecular formula is C15H19N3O. The van der Waals surface area contributed by atoms with E-state index in [1.807, 2.05) is 24.3 Å². The monoisotopic (exact) mass is 257 g/mol. The van der Waals surface area contributed by atoms with Gasteiger partial charge in [0.15, 0.2) is 0 Å². The van der Waals surface area contributed by atoms with Crippen molar-refractivity contribution in [1.29, 1.82) is 0 Å². The van der Waals surface area contributed by atoms with E-state index in [9.17, 15) is 0 Å². The zero-order chi connectivity index (χ0) is 13.1. The van der Waals surface area contributed by atoms with Crippen molar-refractivity contribution in [2.45, 2.75) is 31.8 Å². The maximum atomic E-state index is 6.01. The lowest BCUT2D eigenvalue weighted by Crippen LogP contribution is -2.35. The molecule has 0 bridgehead atoms. The van der Waals surface area contributed by atoms with Gasteiger partial charge in [-0.25, -0.2) is 9.97 Å². The van der Waals surface area contributed by atoms with Crippen molar-refractivity contribution < 1.29 is 4.74 Å². The molecule has 2 atom stereocenters. The van der Waals surface area contributed by atoms with Gasteiger partial charge in [-0.3, -0.25) is 0 Å². The van der Waals surface area contributed by atoms with Gasteiger partial charge in [-0.2, -0.15) is 0 Å². The third kappa shape index (κ3) is 2.68. The quantitative estimate of drug-likeness (QED) is 0.917. The lowest BCUT2D eigenvalue weighted by molar-refractivity contribution is 0.0923. The maximum Gasteiger partial charge on any atom is 0.233 e. The van der Waals surface area contributed by atoms with Gasteiger partial charge in [0.2, 0.25) is 5.88 Å². The zero-order valence-electron chi connectivity index (χ0n) is 11.0. The number of benzene rings is 1. The molecule has 1 fully saturated rings. The van der Waals surface area contributed by atoms with E-state index in [-0.39, 0.29) is 6.10 Å². The molecule has 0 radical (unpaired) electrons.